The lowest BCUT2D eigenvalue weighted by Crippen LogP contribution is -2.43. The van der Waals surface area contributed by atoms with Gasteiger partial charge in [0.15, 0.2) is 0 Å². The molecule has 1 aromatic carbocycles. The van der Waals surface area contributed by atoms with Crippen LogP contribution in [0.2, 0.25) is 0 Å². The number of likely N-dealkylation sites (tertiary alicyclic amines) is 1. The van der Waals surface area contributed by atoms with Gasteiger partial charge in [-0.25, -0.2) is 0 Å². The van der Waals surface area contributed by atoms with E-state index in [0.717, 1.165) is 24.4 Å². The maximum absolute atomic E-state index is 12.5. The Morgan fingerprint density at radius 3 is 2.47 bits per heavy atom. The molecule has 0 aliphatic carbocycles. The Morgan fingerprint density at radius 1 is 1.17 bits per heavy atom. The molecule has 1 aliphatic rings. The quantitative estimate of drug-likeness (QED) is 0.675. The molecule has 0 unspecified atom stereocenters. The lowest BCUT2D eigenvalue weighted by molar-refractivity contribution is -0.136. The van der Waals surface area contributed by atoms with Gasteiger partial charge >= 0.3 is 11.8 Å². The summed E-state index contributed by atoms with van der Waals surface area (Å²) in [4.78, 5) is 39.1. The number of aryl methyl sites for hydroxylation is 1. The first-order valence-corrected chi connectivity index (χ1v) is 10.7. The van der Waals surface area contributed by atoms with Crippen LogP contribution in [0.3, 0.4) is 0 Å². The van der Waals surface area contributed by atoms with E-state index in [-0.39, 0.29) is 11.8 Å². The Bertz CT molecular complexity index is 891. The second kappa shape index (κ2) is 10.1. The molecule has 0 bridgehead atoms. The third-order valence-corrected chi connectivity index (χ3v) is 5.74. The van der Waals surface area contributed by atoms with Crippen LogP contribution in [0.5, 0.6) is 5.75 Å². The van der Waals surface area contributed by atoms with Gasteiger partial charge in [-0.2, -0.15) is 0 Å². The highest BCUT2D eigenvalue weighted by Gasteiger charge is 2.26. The summed E-state index contributed by atoms with van der Waals surface area (Å²) in [6.07, 6.45) is 1.52. The molecule has 0 saturated carbocycles. The first kappa shape index (κ1) is 21.7. The Labute approximate surface area is 179 Å². The molecule has 10 heteroatoms. The fraction of sp³-hybridized carbons (Fsp3) is 0.450. The van der Waals surface area contributed by atoms with Crippen molar-refractivity contribution in [3.05, 3.63) is 34.8 Å². The van der Waals surface area contributed by atoms with Crippen LogP contribution in [0.4, 0.5) is 5.69 Å². The maximum Gasteiger partial charge on any atom is 0.313 e. The average molecular weight is 432 g/mol. The van der Waals surface area contributed by atoms with Crippen LogP contribution < -0.4 is 15.4 Å². The number of ether oxygens (including phenoxy) is 1. The number of piperidine rings is 1. The Hall–Kier alpha value is -3.01. The summed E-state index contributed by atoms with van der Waals surface area (Å²) in [5.41, 5.74) is 1.18. The van der Waals surface area contributed by atoms with Crippen LogP contribution in [0.1, 0.15) is 35.1 Å². The predicted molar refractivity (Wildman–Crippen MR) is 113 cm³/mol. The van der Waals surface area contributed by atoms with Crippen molar-refractivity contribution in [1.82, 2.24) is 19.8 Å². The summed E-state index contributed by atoms with van der Waals surface area (Å²) in [5, 5.41) is 9.14. The van der Waals surface area contributed by atoms with Crippen LogP contribution in [0.15, 0.2) is 24.3 Å². The van der Waals surface area contributed by atoms with Gasteiger partial charge in [-0.1, -0.05) is 4.49 Å². The van der Waals surface area contributed by atoms with Crippen molar-refractivity contribution in [2.45, 2.75) is 26.7 Å². The predicted octanol–water partition coefficient (Wildman–Crippen LogP) is 1.85. The average Bonchev–Trinajstić information content (AvgIpc) is 3.19. The monoisotopic (exact) mass is 431 g/mol. The smallest absolute Gasteiger partial charge is 0.313 e. The number of carbonyl (C=O) groups excluding carboxylic acids is 3. The number of benzene rings is 1. The van der Waals surface area contributed by atoms with E-state index in [1.165, 1.54) is 0 Å². The molecule has 2 aromatic rings. The van der Waals surface area contributed by atoms with Crippen molar-refractivity contribution in [3.63, 3.8) is 0 Å². The number of hydrogen-bond donors (Lipinski definition) is 2. The van der Waals surface area contributed by atoms with Gasteiger partial charge in [-0.05, 0) is 68.4 Å². The van der Waals surface area contributed by atoms with Gasteiger partial charge in [0, 0.05) is 25.3 Å². The molecule has 30 heavy (non-hydrogen) atoms. The molecule has 2 N–H and O–H groups in total. The zero-order valence-corrected chi connectivity index (χ0v) is 17.8. The Balaban J connectivity index is 1.40. The van der Waals surface area contributed by atoms with E-state index in [1.54, 1.807) is 36.1 Å². The second-order valence-corrected chi connectivity index (χ2v) is 7.80. The van der Waals surface area contributed by atoms with Crippen molar-refractivity contribution < 1.29 is 19.1 Å². The van der Waals surface area contributed by atoms with Crippen molar-refractivity contribution >= 4 is 34.9 Å². The first-order chi connectivity index (χ1) is 14.5. The number of rotatable bonds is 6. The largest absolute Gasteiger partial charge is 0.494 e. The number of nitrogens with one attached hydrogen (secondary N) is 2. The highest BCUT2D eigenvalue weighted by atomic mass is 32.1. The molecule has 160 valence electrons. The van der Waals surface area contributed by atoms with Gasteiger partial charge in [0.25, 0.3) is 5.91 Å². The van der Waals surface area contributed by atoms with Crippen molar-refractivity contribution in [3.8, 4) is 5.75 Å². The molecular weight excluding hydrogens is 406 g/mol. The molecule has 0 radical (unpaired) electrons. The second-order valence-electron chi connectivity index (χ2n) is 7.04. The number of aromatic nitrogens is 2. The summed E-state index contributed by atoms with van der Waals surface area (Å²) < 4.78 is 9.16. The SMILES string of the molecule is CCOc1ccc(NC(=O)C(=O)NCC2CCN(C(=O)c3snnc3C)CC2)cc1. The van der Waals surface area contributed by atoms with Gasteiger partial charge in [0.2, 0.25) is 0 Å². The molecule has 1 aromatic heterocycles. The molecule has 1 fully saturated rings. The molecule has 0 spiro atoms. The van der Waals surface area contributed by atoms with Gasteiger partial charge in [0.05, 0.1) is 12.3 Å². The third kappa shape index (κ3) is 5.53. The van der Waals surface area contributed by atoms with Gasteiger partial charge in [0.1, 0.15) is 10.6 Å². The van der Waals surface area contributed by atoms with Gasteiger partial charge in [-0.3, -0.25) is 14.4 Å². The van der Waals surface area contributed by atoms with Crippen LogP contribution in [0, 0.1) is 12.8 Å². The van der Waals surface area contributed by atoms with Crippen molar-refractivity contribution in [2.24, 2.45) is 5.92 Å². The highest BCUT2D eigenvalue weighted by Crippen LogP contribution is 2.21. The molecule has 3 rings (SSSR count). The van der Waals surface area contributed by atoms with Crippen molar-refractivity contribution in [2.75, 3.05) is 31.6 Å². The zero-order valence-electron chi connectivity index (χ0n) is 17.0. The molecular formula is C20H25N5O4S. The summed E-state index contributed by atoms with van der Waals surface area (Å²) >= 11 is 1.11. The lowest BCUT2D eigenvalue weighted by Gasteiger charge is -2.31. The molecule has 1 aliphatic heterocycles. The number of nitrogens with zero attached hydrogens (tertiary/aromatic N) is 3. The zero-order chi connectivity index (χ0) is 21.5. The number of hydrogen-bond acceptors (Lipinski definition) is 7. The maximum atomic E-state index is 12.5. The number of carbonyl (C=O) groups is 3. The third-order valence-electron chi connectivity index (χ3n) is 4.93. The topological polar surface area (TPSA) is 114 Å². The van der Waals surface area contributed by atoms with Gasteiger partial charge < -0.3 is 20.3 Å². The van der Waals surface area contributed by atoms with Crippen LogP contribution in [-0.2, 0) is 9.59 Å². The Kier molecular flexibility index (Phi) is 7.34. The summed E-state index contributed by atoms with van der Waals surface area (Å²) in [6, 6.07) is 6.83. The minimum Gasteiger partial charge on any atom is -0.494 e. The first-order valence-electron chi connectivity index (χ1n) is 9.88. The molecule has 0 atom stereocenters. The molecule has 1 saturated heterocycles. The standard InChI is InChI=1S/C20H25N5O4S/c1-3-29-16-6-4-15(5-7-16)22-19(27)18(26)21-12-14-8-10-25(11-9-14)20(28)17-13(2)23-24-30-17/h4-7,14H,3,8-12H2,1-2H3,(H,21,26)(H,22,27). The normalized spacial score (nSPS) is 14.3. The van der Waals surface area contributed by atoms with E-state index in [2.05, 4.69) is 20.2 Å². The van der Waals surface area contributed by atoms with Crippen molar-refractivity contribution in [1.29, 1.82) is 0 Å². The van der Waals surface area contributed by atoms with Crippen LogP contribution in [0.25, 0.3) is 0 Å². The summed E-state index contributed by atoms with van der Waals surface area (Å²) in [5.74, 6) is -0.503. The number of amides is 3. The van der Waals surface area contributed by atoms with Gasteiger partial charge in [-0.15, -0.1) is 5.10 Å². The van der Waals surface area contributed by atoms with Crippen LogP contribution >= 0.6 is 11.5 Å². The Morgan fingerprint density at radius 2 is 1.87 bits per heavy atom. The van der Waals surface area contributed by atoms with E-state index < -0.39 is 11.8 Å². The van der Waals surface area contributed by atoms with E-state index in [0.29, 0.717) is 48.2 Å². The van der Waals surface area contributed by atoms with E-state index in [4.69, 9.17) is 4.74 Å². The summed E-state index contributed by atoms with van der Waals surface area (Å²) in [6.45, 7) is 5.84. The summed E-state index contributed by atoms with van der Waals surface area (Å²) in [7, 11) is 0. The van der Waals surface area contributed by atoms with Crippen LogP contribution in [-0.4, -0.2) is 58.4 Å². The van der Waals surface area contributed by atoms with E-state index in [1.807, 2.05) is 6.92 Å². The fourth-order valence-corrected chi connectivity index (χ4v) is 3.84. The number of anilines is 1. The highest BCUT2D eigenvalue weighted by molar-refractivity contribution is 7.07. The minimum atomic E-state index is -0.708. The molecule has 3 amide bonds. The van der Waals surface area contributed by atoms with E-state index in [9.17, 15) is 14.4 Å². The lowest BCUT2D eigenvalue weighted by atomic mass is 9.96. The molecule has 9 nitrogen and oxygen atoms in total. The fourth-order valence-electron chi connectivity index (χ4n) is 3.22. The van der Waals surface area contributed by atoms with E-state index >= 15 is 0 Å². The molecule has 2 heterocycles. The minimum absolute atomic E-state index is 0.0419.